The number of Topliss-reactive ketones (excluding diaryl/α,β-unsaturated/α-hetero) is 3. The van der Waals surface area contributed by atoms with Crippen molar-refractivity contribution >= 4 is 29.2 Å². The normalized spacial score (nSPS) is 40.9. The number of allylic oxidation sites excluding steroid dienone is 6. The van der Waals surface area contributed by atoms with Crippen LogP contribution in [0.15, 0.2) is 47.6 Å². The molecule has 0 aromatic rings. The van der Waals surface area contributed by atoms with Gasteiger partial charge in [0, 0.05) is 51.4 Å². The second-order valence-electron chi connectivity index (χ2n) is 19.4. The van der Waals surface area contributed by atoms with Gasteiger partial charge in [-0.05, 0) is 107 Å². The Balaban J connectivity index is 1.69. The first-order chi connectivity index (χ1) is 30.2. The molecule has 4 aliphatic rings. The molecule has 3 heterocycles. The van der Waals surface area contributed by atoms with Gasteiger partial charge >= 0.3 is 5.97 Å². The zero-order chi connectivity index (χ0) is 47.5. The number of carbonyl (C=O) groups excluding carboxylic acids is 5. The van der Waals surface area contributed by atoms with Crippen LogP contribution in [-0.2, 0) is 42.9 Å². The Morgan fingerprint density at radius 1 is 0.859 bits per heavy atom. The summed E-state index contributed by atoms with van der Waals surface area (Å²) < 4.78 is 23.3. The predicted octanol–water partition coefficient (Wildman–Crippen LogP) is 5.53. The van der Waals surface area contributed by atoms with Gasteiger partial charge in [0.15, 0.2) is 5.78 Å². The van der Waals surface area contributed by atoms with Crippen LogP contribution in [0.2, 0.25) is 0 Å². The fraction of sp³-hybridized carbons (Fsp3) is 0.740. The highest BCUT2D eigenvalue weighted by Crippen LogP contribution is 2.37. The van der Waals surface area contributed by atoms with Crippen LogP contribution in [0.1, 0.15) is 126 Å². The van der Waals surface area contributed by atoms with Gasteiger partial charge in [-0.3, -0.25) is 19.2 Å². The number of aliphatic hydroxyl groups excluding tert-OH is 3. The highest BCUT2D eigenvalue weighted by molar-refractivity contribution is 6.39. The molecule has 360 valence electrons. The molecule has 14 heteroatoms. The minimum Gasteiger partial charge on any atom is -0.460 e. The first-order valence-electron chi connectivity index (χ1n) is 23.5. The van der Waals surface area contributed by atoms with Crippen molar-refractivity contribution in [3.05, 3.63) is 47.6 Å². The Labute approximate surface area is 380 Å². The van der Waals surface area contributed by atoms with E-state index in [1.807, 2.05) is 32.1 Å². The molecule has 4 rings (SSSR count). The maximum Gasteiger partial charge on any atom is 0.329 e. The number of rotatable bonds is 5. The van der Waals surface area contributed by atoms with Crippen molar-refractivity contribution in [2.75, 3.05) is 20.8 Å². The molecule has 1 aliphatic carbocycles. The van der Waals surface area contributed by atoms with Crippen LogP contribution in [0.5, 0.6) is 0 Å². The van der Waals surface area contributed by atoms with Crippen LogP contribution in [0.25, 0.3) is 0 Å². The lowest BCUT2D eigenvalue weighted by atomic mass is 9.78. The minimum atomic E-state index is -2.48. The lowest BCUT2D eigenvalue weighted by molar-refractivity contribution is -0.265. The highest BCUT2D eigenvalue weighted by Gasteiger charge is 2.53. The number of cyclic esters (lactones) is 1. The van der Waals surface area contributed by atoms with Crippen LogP contribution in [-0.4, -0.2) is 130 Å². The van der Waals surface area contributed by atoms with E-state index in [1.165, 1.54) is 7.11 Å². The first kappa shape index (κ1) is 53.2. The van der Waals surface area contributed by atoms with Crippen molar-refractivity contribution in [1.82, 2.24) is 4.90 Å². The zero-order valence-electron chi connectivity index (χ0n) is 39.6. The van der Waals surface area contributed by atoms with Gasteiger partial charge in [-0.1, -0.05) is 71.1 Å². The van der Waals surface area contributed by atoms with Crippen molar-refractivity contribution in [2.45, 2.75) is 180 Å². The van der Waals surface area contributed by atoms with Crippen LogP contribution >= 0.6 is 0 Å². The molecule has 64 heavy (non-hydrogen) atoms. The van der Waals surface area contributed by atoms with Gasteiger partial charge in [0.05, 0.1) is 24.4 Å². The fourth-order valence-electron chi connectivity index (χ4n) is 9.85. The molecule has 0 unspecified atom stereocenters. The Morgan fingerprint density at radius 3 is 2.27 bits per heavy atom. The molecule has 0 aromatic carbocycles. The van der Waals surface area contributed by atoms with Gasteiger partial charge in [-0.2, -0.15) is 0 Å². The van der Waals surface area contributed by atoms with E-state index in [4.69, 9.17) is 18.9 Å². The SMILES string of the molecule is CO[C@@H]1C[C@H](C[C@@H](C)[C@@H]2CC(=O)[C@H](C)/C=C(/C)[C@@H](O)[C@@H](OC)C(=O)[C@H](C)C[C@H](C)/C=C/C=C\C=C(/C)[C@@H](O)C[C@@H]3CC[C@@H](C)[C@@](O)(O3)C(=O)C(=O)N3CCCC[C@H]3C(=O)O2)CC[C@H]1O. The van der Waals surface area contributed by atoms with E-state index in [-0.39, 0.29) is 61.2 Å². The number of esters is 1. The monoisotopic (exact) mass is 900 g/mol. The summed E-state index contributed by atoms with van der Waals surface area (Å²) >= 11 is 0. The molecule has 0 aromatic heterocycles. The lowest BCUT2D eigenvalue weighted by Crippen LogP contribution is -2.61. The second-order valence-corrected chi connectivity index (χ2v) is 19.4. The third kappa shape index (κ3) is 13.8. The number of hydrogen-bond acceptors (Lipinski definition) is 13. The summed E-state index contributed by atoms with van der Waals surface area (Å²) in [6.07, 6.45) is 9.53. The average molecular weight is 900 g/mol. The maximum absolute atomic E-state index is 14.3. The van der Waals surface area contributed by atoms with E-state index in [1.54, 1.807) is 60.0 Å². The van der Waals surface area contributed by atoms with Gasteiger partial charge in [0.1, 0.15) is 30.1 Å². The van der Waals surface area contributed by atoms with Gasteiger partial charge in [0.25, 0.3) is 11.7 Å². The summed E-state index contributed by atoms with van der Waals surface area (Å²) in [5.74, 6) is -8.24. The predicted molar refractivity (Wildman–Crippen MR) is 240 cm³/mol. The van der Waals surface area contributed by atoms with Crippen LogP contribution in [0.3, 0.4) is 0 Å². The molecule has 15 atom stereocenters. The van der Waals surface area contributed by atoms with E-state index in [9.17, 15) is 44.4 Å². The molecule has 1 saturated carbocycles. The Morgan fingerprint density at radius 2 is 1.58 bits per heavy atom. The third-order valence-corrected chi connectivity index (χ3v) is 14.2. The quantitative estimate of drug-likeness (QED) is 0.153. The Bertz CT molecular complexity index is 1740. The summed E-state index contributed by atoms with van der Waals surface area (Å²) in [6, 6.07) is -1.16. The molecule has 0 radical (unpaired) electrons. The largest absolute Gasteiger partial charge is 0.460 e. The number of nitrogens with zero attached hydrogens (tertiary/aromatic N) is 1. The number of ether oxygens (including phenoxy) is 4. The summed E-state index contributed by atoms with van der Waals surface area (Å²) in [4.78, 5) is 71.4. The smallest absolute Gasteiger partial charge is 0.329 e. The van der Waals surface area contributed by atoms with Gasteiger partial charge in [-0.25, -0.2) is 4.79 Å². The van der Waals surface area contributed by atoms with Crippen molar-refractivity contribution in [2.24, 2.45) is 35.5 Å². The van der Waals surface area contributed by atoms with Crippen LogP contribution in [0.4, 0.5) is 0 Å². The molecule has 1 amide bonds. The molecular weight excluding hydrogens is 823 g/mol. The number of methoxy groups -OCH3 is 2. The molecule has 3 fully saturated rings. The number of carbonyl (C=O) groups is 5. The first-order valence-corrected chi connectivity index (χ1v) is 23.5. The topological polar surface area (TPSA) is 206 Å². The number of piperidine rings is 1. The molecule has 4 N–H and O–H groups in total. The average Bonchev–Trinajstić information content (AvgIpc) is 3.26. The maximum atomic E-state index is 14.3. The molecule has 14 nitrogen and oxygen atoms in total. The Hall–Kier alpha value is -3.37. The third-order valence-electron chi connectivity index (χ3n) is 14.2. The number of aliphatic hydroxyl groups is 4. The lowest BCUT2D eigenvalue weighted by Gasteiger charge is -2.42. The number of ketones is 3. The van der Waals surface area contributed by atoms with Crippen LogP contribution in [0, 0.1) is 35.5 Å². The molecular formula is C50H77NO13. The van der Waals surface area contributed by atoms with Crippen molar-refractivity contribution < 1.29 is 63.3 Å². The van der Waals surface area contributed by atoms with E-state index >= 15 is 0 Å². The number of hydrogen-bond donors (Lipinski definition) is 4. The molecule has 0 spiro atoms. The fourth-order valence-corrected chi connectivity index (χ4v) is 9.85. The summed E-state index contributed by atoms with van der Waals surface area (Å²) in [5.41, 5.74) is 1.000. The van der Waals surface area contributed by atoms with E-state index < -0.39 is 83.9 Å². The second kappa shape index (κ2) is 24.4. The van der Waals surface area contributed by atoms with E-state index in [2.05, 4.69) is 0 Å². The molecule has 3 aliphatic heterocycles. The molecule has 2 saturated heterocycles. The number of amides is 1. The Kier molecular flexibility index (Phi) is 20.3. The summed E-state index contributed by atoms with van der Waals surface area (Å²) in [7, 11) is 2.93. The summed E-state index contributed by atoms with van der Waals surface area (Å²) in [6.45, 7) is 12.5. The number of fused-ring (bicyclic) bond motifs is 3. The highest BCUT2D eigenvalue weighted by atomic mass is 16.6. The van der Waals surface area contributed by atoms with E-state index in [0.29, 0.717) is 68.9 Å². The van der Waals surface area contributed by atoms with Gasteiger partial charge in [-0.15, -0.1) is 0 Å². The van der Waals surface area contributed by atoms with Crippen molar-refractivity contribution in [3.63, 3.8) is 0 Å². The summed E-state index contributed by atoms with van der Waals surface area (Å²) in [5, 5.41) is 44.8. The molecule has 2 bridgehead atoms. The van der Waals surface area contributed by atoms with E-state index in [0.717, 1.165) is 4.90 Å². The van der Waals surface area contributed by atoms with Crippen molar-refractivity contribution in [1.29, 1.82) is 0 Å². The van der Waals surface area contributed by atoms with Gasteiger partial charge in [0.2, 0.25) is 5.79 Å². The minimum absolute atomic E-state index is 0.00489. The van der Waals surface area contributed by atoms with Crippen LogP contribution < -0.4 is 0 Å². The van der Waals surface area contributed by atoms with Gasteiger partial charge < -0.3 is 44.3 Å². The zero-order valence-corrected chi connectivity index (χ0v) is 39.6. The standard InChI is InChI=1S/C50H77NO13/c1-29-15-11-10-12-16-30(2)40(53)27-37-20-18-35(7)50(60,64-37)47(57)48(58)51-22-14-13-17-38(51)49(59)63-42(32(4)25-36-19-21-39(52)43(26-36)61-8)28-41(54)31(3)24-34(6)45(56)46(62-9)44(55)33(5)23-29/h10-12,15-16,24,29,31-33,35-40,42-43,45-46,52-53,56,60H,13-14,17-23,25-28H2,1-9H3/b12-10-,15-11+,30-16+,34-24-/t29-,31-,32-,33-,35-,36+,37+,38+,39-,40+,42+,43-,45-,46+,50-/m1/s1. The van der Waals surface area contributed by atoms with Crippen molar-refractivity contribution in [3.8, 4) is 0 Å².